The van der Waals surface area contributed by atoms with Gasteiger partial charge in [0.1, 0.15) is 5.75 Å². The Morgan fingerprint density at radius 2 is 2.11 bits per heavy atom. The number of benzene rings is 1. The Hall–Kier alpha value is -2.46. The molecule has 10 heteroatoms. The lowest BCUT2D eigenvalue weighted by Crippen LogP contribution is -2.63. The molecule has 28 heavy (non-hydrogen) atoms. The highest BCUT2D eigenvalue weighted by molar-refractivity contribution is 7.88. The molecule has 0 radical (unpaired) electrons. The van der Waals surface area contributed by atoms with Crippen molar-refractivity contribution >= 4 is 15.9 Å². The number of hydrogen-bond donors (Lipinski definition) is 0. The Labute approximate surface area is 164 Å². The number of ether oxygens (including phenoxy) is 1. The first kappa shape index (κ1) is 20.3. The summed E-state index contributed by atoms with van der Waals surface area (Å²) in [7, 11) is -3.42. The van der Waals surface area contributed by atoms with Crippen molar-refractivity contribution in [2.75, 3.05) is 32.5 Å². The van der Waals surface area contributed by atoms with Crippen molar-refractivity contribution in [1.82, 2.24) is 19.3 Å². The van der Waals surface area contributed by atoms with E-state index in [0.29, 0.717) is 37.0 Å². The maximum absolute atomic E-state index is 12.3. The highest BCUT2D eigenvalue weighted by atomic mass is 32.2. The standard InChI is InChI=1S/C18H24N4O5S/c1-13-5-4-6-16(9-13)26-12-18(23)21-10-15(11-21)22(28(3,24)25)8-7-17-19-14(2)27-20-17/h4-6,9,15H,7-8,10-12H2,1-3H3. The molecular weight excluding hydrogens is 384 g/mol. The van der Waals surface area contributed by atoms with E-state index < -0.39 is 10.0 Å². The number of hydrogen-bond acceptors (Lipinski definition) is 7. The van der Waals surface area contributed by atoms with Crippen LogP contribution in [0.25, 0.3) is 0 Å². The molecule has 2 aromatic rings. The van der Waals surface area contributed by atoms with Crippen LogP contribution >= 0.6 is 0 Å². The first-order valence-corrected chi connectivity index (χ1v) is 10.8. The van der Waals surface area contributed by atoms with Crippen LogP contribution in [0.15, 0.2) is 28.8 Å². The van der Waals surface area contributed by atoms with E-state index >= 15 is 0 Å². The Morgan fingerprint density at radius 1 is 1.36 bits per heavy atom. The van der Waals surface area contributed by atoms with Crippen molar-refractivity contribution in [3.63, 3.8) is 0 Å². The molecular formula is C18H24N4O5S. The molecule has 0 aliphatic carbocycles. The van der Waals surface area contributed by atoms with E-state index in [9.17, 15) is 13.2 Å². The zero-order valence-electron chi connectivity index (χ0n) is 16.2. The normalized spacial score (nSPS) is 14.9. The largest absolute Gasteiger partial charge is 0.484 e. The van der Waals surface area contributed by atoms with Gasteiger partial charge in [0.15, 0.2) is 12.4 Å². The van der Waals surface area contributed by atoms with Crippen LogP contribution in [0, 0.1) is 13.8 Å². The van der Waals surface area contributed by atoms with Gasteiger partial charge in [0.05, 0.1) is 12.3 Å². The number of aromatic nitrogens is 2. The Kier molecular flexibility index (Phi) is 5.99. The molecule has 0 bridgehead atoms. The predicted octanol–water partition coefficient (Wildman–Crippen LogP) is 0.780. The number of carbonyl (C=O) groups excluding carboxylic acids is 1. The molecule has 0 unspecified atom stereocenters. The van der Waals surface area contributed by atoms with Gasteiger partial charge in [-0.15, -0.1) is 0 Å². The fourth-order valence-electron chi connectivity index (χ4n) is 3.05. The van der Waals surface area contributed by atoms with Gasteiger partial charge in [-0.25, -0.2) is 8.42 Å². The molecule has 0 N–H and O–H groups in total. The van der Waals surface area contributed by atoms with Crippen molar-refractivity contribution < 1.29 is 22.5 Å². The van der Waals surface area contributed by atoms with Crippen LogP contribution in [0.5, 0.6) is 5.75 Å². The summed E-state index contributed by atoms with van der Waals surface area (Å²) >= 11 is 0. The van der Waals surface area contributed by atoms with Crippen LogP contribution < -0.4 is 4.74 Å². The molecule has 1 fully saturated rings. The first-order chi connectivity index (χ1) is 13.2. The number of rotatable bonds is 8. The molecule has 1 amide bonds. The Bertz CT molecular complexity index is 937. The summed E-state index contributed by atoms with van der Waals surface area (Å²) < 4.78 is 36.1. The maximum atomic E-state index is 12.3. The lowest BCUT2D eigenvalue weighted by Gasteiger charge is -2.44. The molecule has 1 aliphatic rings. The summed E-state index contributed by atoms with van der Waals surface area (Å²) in [6, 6.07) is 7.21. The third-order valence-electron chi connectivity index (χ3n) is 4.53. The van der Waals surface area contributed by atoms with Gasteiger partial charge in [-0.3, -0.25) is 4.79 Å². The lowest BCUT2D eigenvalue weighted by molar-refractivity contribution is -0.139. The van der Waals surface area contributed by atoms with Gasteiger partial charge in [-0.1, -0.05) is 17.3 Å². The minimum atomic E-state index is -3.42. The number of carbonyl (C=O) groups is 1. The molecule has 152 valence electrons. The summed E-state index contributed by atoms with van der Waals surface area (Å²) in [4.78, 5) is 18.0. The van der Waals surface area contributed by atoms with Gasteiger partial charge < -0.3 is 14.2 Å². The summed E-state index contributed by atoms with van der Waals surface area (Å²) in [6.07, 6.45) is 1.52. The molecule has 1 aromatic heterocycles. The zero-order chi connectivity index (χ0) is 20.3. The fraction of sp³-hybridized carbons (Fsp3) is 0.500. The van der Waals surface area contributed by atoms with Crippen LogP contribution in [0.2, 0.25) is 0 Å². The van der Waals surface area contributed by atoms with Crippen molar-refractivity contribution in [3.8, 4) is 5.75 Å². The molecule has 9 nitrogen and oxygen atoms in total. The quantitative estimate of drug-likeness (QED) is 0.635. The molecule has 0 saturated carbocycles. The van der Waals surface area contributed by atoms with Crippen LogP contribution in [0.3, 0.4) is 0 Å². The predicted molar refractivity (Wildman–Crippen MR) is 101 cm³/mol. The molecule has 2 heterocycles. The van der Waals surface area contributed by atoms with Crippen LogP contribution in [0.4, 0.5) is 0 Å². The minimum absolute atomic E-state index is 0.0722. The number of aryl methyl sites for hydroxylation is 2. The van der Waals surface area contributed by atoms with Gasteiger partial charge in [-0.05, 0) is 24.6 Å². The van der Waals surface area contributed by atoms with Crippen molar-refractivity contribution in [3.05, 3.63) is 41.5 Å². The van der Waals surface area contributed by atoms with E-state index in [-0.39, 0.29) is 25.1 Å². The highest BCUT2D eigenvalue weighted by Crippen LogP contribution is 2.19. The SMILES string of the molecule is Cc1cccc(OCC(=O)N2CC(N(CCc3noc(C)n3)S(C)(=O)=O)C2)c1. The van der Waals surface area contributed by atoms with Gasteiger partial charge in [0, 0.05) is 33.0 Å². The minimum Gasteiger partial charge on any atom is -0.484 e. The van der Waals surface area contributed by atoms with Crippen LogP contribution in [0.1, 0.15) is 17.3 Å². The second-order valence-corrected chi connectivity index (χ2v) is 8.85. The average Bonchev–Trinajstić information content (AvgIpc) is 2.99. The van der Waals surface area contributed by atoms with Crippen molar-refractivity contribution in [2.24, 2.45) is 0 Å². The van der Waals surface area contributed by atoms with Gasteiger partial charge >= 0.3 is 0 Å². The van der Waals surface area contributed by atoms with Gasteiger partial charge in [0.2, 0.25) is 15.9 Å². The summed E-state index contributed by atoms with van der Waals surface area (Å²) in [5.41, 5.74) is 1.05. The number of amides is 1. The first-order valence-electron chi connectivity index (χ1n) is 8.95. The fourth-order valence-corrected chi connectivity index (χ4v) is 4.15. The highest BCUT2D eigenvalue weighted by Gasteiger charge is 2.38. The van der Waals surface area contributed by atoms with Crippen LogP contribution in [-0.2, 0) is 21.2 Å². The van der Waals surface area contributed by atoms with E-state index in [2.05, 4.69) is 10.1 Å². The molecule has 1 saturated heterocycles. The Morgan fingerprint density at radius 3 is 2.71 bits per heavy atom. The third kappa shape index (κ3) is 5.08. The third-order valence-corrected chi connectivity index (χ3v) is 5.86. The second kappa shape index (κ2) is 8.27. The van der Waals surface area contributed by atoms with E-state index in [1.54, 1.807) is 17.9 Å². The molecule has 0 spiro atoms. The topological polar surface area (TPSA) is 106 Å². The summed E-state index contributed by atoms with van der Waals surface area (Å²) in [5, 5.41) is 3.79. The summed E-state index contributed by atoms with van der Waals surface area (Å²) in [5.74, 6) is 1.37. The average molecular weight is 408 g/mol. The molecule has 1 aliphatic heterocycles. The smallest absolute Gasteiger partial charge is 0.260 e. The van der Waals surface area contributed by atoms with Gasteiger partial charge in [0.25, 0.3) is 5.91 Å². The van der Waals surface area contributed by atoms with E-state index in [0.717, 1.165) is 5.56 Å². The van der Waals surface area contributed by atoms with E-state index in [1.807, 2.05) is 25.1 Å². The number of nitrogens with zero attached hydrogens (tertiary/aromatic N) is 4. The monoisotopic (exact) mass is 408 g/mol. The van der Waals surface area contributed by atoms with E-state index in [1.165, 1.54) is 10.6 Å². The molecule has 3 rings (SSSR count). The lowest BCUT2D eigenvalue weighted by atomic mass is 10.1. The summed E-state index contributed by atoms with van der Waals surface area (Å²) in [6.45, 7) is 4.48. The van der Waals surface area contributed by atoms with Crippen LogP contribution in [-0.4, -0.2) is 72.2 Å². The number of likely N-dealkylation sites (tertiary alicyclic amines) is 1. The maximum Gasteiger partial charge on any atom is 0.260 e. The molecule has 0 atom stereocenters. The van der Waals surface area contributed by atoms with Crippen molar-refractivity contribution in [1.29, 1.82) is 0 Å². The van der Waals surface area contributed by atoms with Crippen molar-refractivity contribution in [2.45, 2.75) is 26.3 Å². The molecule has 1 aromatic carbocycles. The second-order valence-electron chi connectivity index (χ2n) is 6.91. The number of sulfonamides is 1. The van der Waals surface area contributed by atoms with Gasteiger partial charge in [-0.2, -0.15) is 9.29 Å². The Balaban J connectivity index is 1.50. The zero-order valence-corrected chi connectivity index (χ0v) is 17.0. The van der Waals surface area contributed by atoms with E-state index in [4.69, 9.17) is 9.26 Å².